The van der Waals surface area contributed by atoms with Crippen molar-refractivity contribution in [2.75, 3.05) is 0 Å². The average Bonchev–Trinajstić information content (AvgIpc) is 3.54. The van der Waals surface area contributed by atoms with Gasteiger partial charge >= 0.3 is 0 Å². The van der Waals surface area contributed by atoms with Crippen LogP contribution in [0.15, 0.2) is 150 Å². The van der Waals surface area contributed by atoms with Gasteiger partial charge in [0, 0.05) is 37.9 Å². The fourth-order valence-electron chi connectivity index (χ4n) is 6.60. The van der Waals surface area contributed by atoms with Crippen LogP contribution < -0.4 is 5.19 Å². The first-order valence-electron chi connectivity index (χ1n) is 17.7. The normalized spacial score (nSPS) is 11.3. The molecule has 0 atom stereocenters. The van der Waals surface area contributed by atoms with Crippen LogP contribution in [0.25, 0.3) is 66.7 Å². The third kappa shape index (κ3) is 8.24. The number of hydrogen-bond acceptors (Lipinski definition) is 3. The Hall–Kier alpha value is -4.93. The molecule has 0 unspecified atom stereocenters. The molecule has 0 fully saturated rings. The van der Waals surface area contributed by atoms with E-state index in [9.17, 15) is 0 Å². The largest absolute Gasteiger partial charge is 0.501 e. The van der Waals surface area contributed by atoms with Crippen LogP contribution in [0.3, 0.4) is 0 Å². The van der Waals surface area contributed by atoms with Crippen LogP contribution >= 0.6 is 0 Å². The maximum absolute atomic E-state index is 6.37. The summed E-state index contributed by atoms with van der Waals surface area (Å²) in [5.41, 5.74) is 11.6. The van der Waals surface area contributed by atoms with Gasteiger partial charge in [0.25, 0.3) is 0 Å². The number of pyridine rings is 2. The predicted octanol–water partition coefficient (Wildman–Crippen LogP) is 12.1. The molecule has 261 valence electrons. The molecular formula is C47H42IrN2OSi-2. The van der Waals surface area contributed by atoms with Crippen LogP contribution in [-0.4, -0.2) is 18.0 Å². The van der Waals surface area contributed by atoms with E-state index < -0.39 is 8.07 Å². The Labute approximate surface area is 322 Å². The van der Waals surface area contributed by atoms with Gasteiger partial charge in [-0.1, -0.05) is 135 Å². The predicted molar refractivity (Wildman–Crippen MR) is 217 cm³/mol. The molecular weight excluding hydrogens is 829 g/mol. The minimum absolute atomic E-state index is 0. The Morgan fingerprint density at radius 3 is 1.98 bits per heavy atom. The molecule has 0 amide bonds. The molecule has 1 radical (unpaired) electrons. The monoisotopic (exact) mass is 871 g/mol. The molecule has 3 aromatic heterocycles. The molecule has 0 spiro atoms. The molecule has 5 aromatic carbocycles. The van der Waals surface area contributed by atoms with Crippen LogP contribution in [0.1, 0.15) is 19.4 Å². The second kappa shape index (κ2) is 16.2. The van der Waals surface area contributed by atoms with E-state index in [0.717, 1.165) is 67.6 Å². The molecule has 52 heavy (non-hydrogen) atoms. The fourth-order valence-corrected chi connectivity index (χ4v) is 8.19. The van der Waals surface area contributed by atoms with Gasteiger partial charge in [-0.25, -0.2) is 0 Å². The van der Waals surface area contributed by atoms with E-state index in [1.54, 1.807) is 0 Å². The van der Waals surface area contributed by atoms with Gasteiger partial charge < -0.3 is 14.4 Å². The summed E-state index contributed by atoms with van der Waals surface area (Å²) in [5, 5.41) is 3.67. The van der Waals surface area contributed by atoms with Gasteiger partial charge in [-0.3, -0.25) is 0 Å². The van der Waals surface area contributed by atoms with Crippen LogP contribution in [0.2, 0.25) is 19.6 Å². The Balaban J connectivity index is 0.000000193. The van der Waals surface area contributed by atoms with Crippen LogP contribution in [0.4, 0.5) is 0 Å². The molecule has 8 aromatic rings. The second-order valence-corrected chi connectivity index (χ2v) is 19.5. The second-order valence-electron chi connectivity index (χ2n) is 14.4. The number of furan rings is 1. The summed E-state index contributed by atoms with van der Waals surface area (Å²) in [6, 6.07) is 52.2. The topological polar surface area (TPSA) is 38.9 Å². The Morgan fingerprint density at radius 1 is 0.635 bits per heavy atom. The molecule has 0 aliphatic rings. The van der Waals surface area contributed by atoms with Gasteiger partial charge in [0.1, 0.15) is 5.58 Å². The SMILES string of the molecule is CC(C)Cc1cc(-c2[c-]cccc2)ncc1[Si](C)(C)C.[Ir].[c-]1ccc2c(oc3cc(-c4ccccc4)ccc32)c1-c1cc(-c2ccccc2)ccn1. The van der Waals surface area contributed by atoms with Crippen molar-refractivity contribution in [3.63, 3.8) is 0 Å². The van der Waals surface area contributed by atoms with E-state index in [-0.39, 0.29) is 20.1 Å². The molecule has 0 N–H and O–H groups in total. The summed E-state index contributed by atoms with van der Waals surface area (Å²) in [5.74, 6) is 0.667. The summed E-state index contributed by atoms with van der Waals surface area (Å²) in [6.45, 7) is 11.7. The molecule has 5 heteroatoms. The van der Waals surface area contributed by atoms with Gasteiger partial charge in [-0.05, 0) is 63.3 Å². The zero-order valence-corrected chi connectivity index (χ0v) is 33.7. The molecule has 0 saturated carbocycles. The minimum Gasteiger partial charge on any atom is -0.501 e. The zero-order valence-electron chi connectivity index (χ0n) is 30.3. The van der Waals surface area contributed by atoms with Crippen LogP contribution in [0, 0.1) is 18.1 Å². The summed E-state index contributed by atoms with van der Waals surface area (Å²) >= 11 is 0. The van der Waals surface area contributed by atoms with Gasteiger partial charge in [-0.2, -0.15) is 0 Å². The first kappa shape index (κ1) is 36.8. The molecule has 0 bridgehead atoms. The number of fused-ring (bicyclic) bond motifs is 3. The van der Waals surface area contributed by atoms with Crippen molar-refractivity contribution in [3.05, 3.63) is 164 Å². The molecule has 3 heterocycles. The Bertz CT molecular complexity index is 2400. The van der Waals surface area contributed by atoms with E-state index in [0.29, 0.717) is 5.92 Å². The number of aromatic nitrogens is 2. The van der Waals surface area contributed by atoms with Crippen molar-refractivity contribution in [3.8, 4) is 44.8 Å². The summed E-state index contributed by atoms with van der Waals surface area (Å²) < 4.78 is 6.37. The smallest absolute Gasteiger partial charge is 0.121 e. The fraction of sp³-hybridized carbons (Fsp3) is 0.149. The first-order chi connectivity index (χ1) is 24.7. The zero-order chi connectivity index (χ0) is 35.4. The summed E-state index contributed by atoms with van der Waals surface area (Å²) in [4.78, 5) is 9.32. The van der Waals surface area contributed by atoms with Crippen molar-refractivity contribution < 1.29 is 24.5 Å². The van der Waals surface area contributed by atoms with E-state index in [2.05, 4.69) is 141 Å². The van der Waals surface area contributed by atoms with Gasteiger partial charge in [0.15, 0.2) is 0 Å². The number of rotatable bonds is 7. The van der Waals surface area contributed by atoms with Crippen molar-refractivity contribution in [2.45, 2.75) is 39.9 Å². The Kier molecular flexibility index (Phi) is 11.5. The van der Waals surface area contributed by atoms with E-state index in [1.165, 1.54) is 16.3 Å². The maximum Gasteiger partial charge on any atom is 0.121 e. The summed E-state index contributed by atoms with van der Waals surface area (Å²) in [6.07, 6.45) is 5.09. The minimum atomic E-state index is -1.34. The van der Waals surface area contributed by atoms with E-state index >= 15 is 0 Å². The number of benzene rings is 5. The average molecular weight is 871 g/mol. The van der Waals surface area contributed by atoms with Crippen molar-refractivity contribution in [1.29, 1.82) is 0 Å². The van der Waals surface area contributed by atoms with Gasteiger partial charge in [-0.15, -0.1) is 54.1 Å². The first-order valence-corrected chi connectivity index (χ1v) is 21.2. The van der Waals surface area contributed by atoms with Gasteiger partial charge in [0.05, 0.1) is 13.7 Å². The molecule has 3 nitrogen and oxygen atoms in total. The molecule has 8 rings (SSSR count). The Morgan fingerprint density at radius 2 is 1.33 bits per heavy atom. The molecule has 0 saturated heterocycles. The van der Waals surface area contributed by atoms with Crippen LogP contribution in [-0.2, 0) is 26.5 Å². The third-order valence-electron chi connectivity index (χ3n) is 9.07. The van der Waals surface area contributed by atoms with Crippen molar-refractivity contribution in [1.82, 2.24) is 9.97 Å². The van der Waals surface area contributed by atoms with Crippen molar-refractivity contribution in [2.24, 2.45) is 5.92 Å². The maximum atomic E-state index is 6.37. The third-order valence-corrected chi connectivity index (χ3v) is 11.1. The van der Waals surface area contributed by atoms with E-state index in [1.807, 2.05) is 60.8 Å². The number of hydrogen-bond donors (Lipinski definition) is 0. The quantitative estimate of drug-likeness (QED) is 0.118. The van der Waals surface area contributed by atoms with Gasteiger partial charge in [0.2, 0.25) is 0 Å². The standard InChI is InChI=1S/C29H18NO.C18H24NSi.Ir/c1-3-8-20(9-4-1)22-14-15-24-25-12-7-13-26(29(25)31-28(24)19-22)27-18-23(16-17-30-27)21-10-5-2-6-11-21;1-14(2)11-16-12-17(15-9-7-6-8-10-15)19-13-18(16)20(3,4)5;/h1-12,14-19H;6-9,12-14H,11H2,1-5H3;/q2*-1;. The summed E-state index contributed by atoms with van der Waals surface area (Å²) in [7, 11) is -1.34. The number of nitrogens with zero attached hydrogens (tertiary/aromatic N) is 2. The van der Waals surface area contributed by atoms with Crippen molar-refractivity contribution >= 4 is 35.2 Å². The van der Waals surface area contributed by atoms with E-state index in [4.69, 9.17) is 4.42 Å². The van der Waals surface area contributed by atoms with Crippen LogP contribution in [0.5, 0.6) is 0 Å². The molecule has 0 aliphatic carbocycles. The molecule has 0 aliphatic heterocycles.